The molecule has 0 N–H and O–H groups in total. The van der Waals surface area contributed by atoms with Crippen molar-refractivity contribution in [1.29, 1.82) is 0 Å². The summed E-state index contributed by atoms with van der Waals surface area (Å²) in [7, 11) is 5.77. The molecule has 11 heteroatoms. The number of alkyl halides is 2. The number of carbonyl (C=O) groups is 1. The molecule has 0 bridgehead atoms. The number of halogens is 2. The highest BCUT2D eigenvalue weighted by molar-refractivity contribution is 5.79. The Balaban J connectivity index is 1.31. The van der Waals surface area contributed by atoms with E-state index in [2.05, 4.69) is 9.88 Å². The molecule has 1 saturated carbocycles. The topological polar surface area (TPSA) is 79.6 Å². The molecule has 3 heterocycles. The summed E-state index contributed by atoms with van der Waals surface area (Å²) in [5.41, 5.74) is 2.11. The van der Waals surface area contributed by atoms with Gasteiger partial charge in [-0.1, -0.05) is 12.5 Å². The van der Waals surface area contributed by atoms with Crippen LogP contribution in [-0.2, 0) is 16.0 Å². The number of aryl methyl sites for hydroxylation is 2. The van der Waals surface area contributed by atoms with E-state index in [-0.39, 0.29) is 11.7 Å². The summed E-state index contributed by atoms with van der Waals surface area (Å²) in [6.07, 6.45) is 4.15. The fraction of sp³-hybridized carbons (Fsp3) is 0.613. The second-order valence-electron chi connectivity index (χ2n) is 12.0. The Labute approximate surface area is 246 Å². The molecule has 0 atom stereocenters. The molecule has 3 aromatic rings. The Hall–Kier alpha value is -3.18. The summed E-state index contributed by atoms with van der Waals surface area (Å²) in [6, 6.07) is 7.66. The van der Waals surface area contributed by atoms with Gasteiger partial charge < -0.3 is 19.4 Å². The molecule has 42 heavy (non-hydrogen) atoms. The molecule has 1 amide bonds. The van der Waals surface area contributed by atoms with Gasteiger partial charge in [0.2, 0.25) is 5.91 Å². The molecule has 5 rings (SSSR count). The zero-order valence-corrected chi connectivity index (χ0v) is 25.2. The average Bonchev–Trinajstić information content (AvgIpc) is 3.36. The molecule has 1 aliphatic carbocycles. The zero-order chi connectivity index (χ0) is 29.8. The lowest BCUT2D eigenvalue weighted by atomic mass is 9.82. The van der Waals surface area contributed by atoms with Crippen molar-refractivity contribution in [2.45, 2.75) is 64.3 Å². The van der Waals surface area contributed by atoms with E-state index in [1.54, 1.807) is 12.1 Å². The van der Waals surface area contributed by atoms with Crippen LogP contribution in [0.5, 0.6) is 0 Å². The summed E-state index contributed by atoms with van der Waals surface area (Å²) >= 11 is 0. The Bertz CT molecular complexity index is 1360. The van der Waals surface area contributed by atoms with E-state index in [1.807, 2.05) is 50.0 Å². The van der Waals surface area contributed by atoms with Gasteiger partial charge in [0.1, 0.15) is 17.5 Å². The van der Waals surface area contributed by atoms with Crippen LogP contribution >= 0.6 is 0 Å². The van der Waals surface area contributed by atoms with Crippen molar-refractivity contribution in [2.24, 2.45) is 5.92 Å². The van der Waals surface area contributed by atoms with Gasteiger partial charge in [-0.15, -0.1) is 0 Å². The van der Waals surface area contributed by atoms with E-state index in [1.165, 1.54) is 4.57 Å². The van der Waals surface area contributed by atoms with E-state index in [9.17, 15) is 13.6 Å². The first-order valence-corrected chi connectivity index (χ1v) is 15.1. The normalized spacial score (nSPS) is 19.7. The fourth-order valence-corrected chi connectivity index (χ4v) is 6.20. The van der Waals surface area contributed by atoms with Crippen LogP contribution in [0.1, 0.15) is 62.2 Å². The van der Waals surface area contributed by atoms with Crippen LogP contribution in [0.3, 0.4) is 0 Å². The van der Waals surface area contributed by atoms with Crippen LogP contribution in [0.15, 0.2) is 24.3 Å². The maximum Gasteiger partial charge on any atom is 0.296 e. The Kier molecular flexibility index (Phi) is 9.67. The van der Waals surface area contributed by atoms with Gasteiger partial charge in [-0.2, -0.15) is 0 Å². The molecule has 228 valence electrons. The number of nitrogens with zero attached hydrogens (tertiary/aromatic N) is 7. The van der Waals surface area contributed by atoms with Crippen LogP contribution in [0.25, 0.3) is 16.9 Å². The predicted octanol–water partition coefficient (Wildman–Crippen LogP) is 4.80. The maximum atomic E-state index is 14.2. The lowest BCUT2D eigenvalue weighted by Crippen LogP contribution is -2.43. The predicted molar refractivity (Wildman–Crippen MR) is 159 cm³/mol. The van der Waals surface area contributed by atoms with Crippen LogP contribution in [-0.4, -0.2) is 95.3 Å². The zero-order valence-electron chi connectivity index (χ0n) is 25.2. The van der Waals surface area contributed by atoms with Crippen molar-refractivity contribution in [3.8, 4) is 5.82 Å². The van der Waals surface area contributed by atoms with Crippen molar-refractivity contribution in [3.05, 3.63) is 41.5 Å². The summed E-state index contributed by atoms with van der Waals surface area (Å²) in [5.74, 6) is 2.29. The van der Waals surface area contributed by atoms with E-state index >= 15 is 0 Å². The largest absolute Gasteiger partial charge is 0.378 e. The minimum atomic E-state index is -2.74. The van der Waals surface area contributed by atoms with Crippen molar-refractivity contribution in [1.82, 2.24) is 29.3 Å². The molecule has 0 unspecified atom stereocenters. The van der Waals surface area contributed by atoms with Gasteiger partial charge in [-0.25, -0.2) is 23.7 Å². The fourth-order valence-electron chi connectivity index (χ4n) is 6.20. The molecule has 2 aromatic heterocycles. The number of fused-ring (bicyclic) bond motifs is 1. The number of hydrogen-bond acceptors (Lipinski definition) is 7. The third-order valence-electron chi connectivity index (χ3n) is 8.56. The van der Waals surface area contributed by atoms with Crippen LogP contribution in [0.4, 0.5) is 14.6 Å². The molecule has 2 aliphatic rings. The number of ether oxygens (including phenoxy) is 1. The molecular weight excluding hydrogens is 540 g/mol. The first-order valence-electron chi connectivity index (χ1n) is 15.1. The number of aromatic nitrogens is 4. The Morgan fingerprint density at radius 3 is 2.43 bits per heavy atom. The van der Waals surface area contributed by atoms with Gasteiger partial charge >= 0.3 is 0 Å². The molecule has 1 saturated heterocycles. The number of rotatable bonds is 10. The number of carbonyl (C=O) groups excluding carboxylic acids is 1. The van der Waals surface area contributed by atoms with Crippen molar-refractivity contribution in [2.75, 3.05) is 58.9 Å². The quantitative estimate of drug-likeness (QED) is 0.339. The van der Waals surface area contributed by atoms with Crippen molar-refractivity contribution < 1.29 is 18.3 Å². The highest BCUT2D eigenvalue weighted by Gasteiger charge is 2.27. The van der Waals surface area contributed by atoms with E-state index in [0.717, 1.165) is 49.9 Å². The molecular formula is C31H43F2N7O2. The third-order valence-corrected chi connectivity index (χ3v) is 8.56. The number of amides is 1. The Morgan fingerprint density at radius 1 is 1.02 bits per heavy atom. The van der Waals surface area contributed by atoms with Gasteiger partial charge in [-0.3, -0.25) is 9.36 Å². The minimum Gasteiger partial charge on any atom is -0.378 e. The number of benzene rings is 1. The second kappa shape index (κ2) is 13.4. The average molecular weight is 584 g/mol. The van der Waals surface area contributed by atoms with E-state index < -0.39 is 6.43 Å². The van der Waals surface area contributed by atoms with E-state index in [0.29, 0.717) is 73.9 Å². The molecule has 1 aromatic carbocycles. The highest BCUT2D eigenvalue weighted by Crippen LogP contribution is 2.32. The molecule has 1 aliphatic heterocycles. The molecule has 0 spiro atoms. The maximum absolute atomic E-state index is 14.2. The van der Waals surface area contributed by atoms with E-state index in [4.69, 9.17) is 14.7 Å². The summed E-state index contributed by atoms with van der Waals surface area (Å²) < 4.78 is 35.5. The SMILES string of the molecule is Cc1ccc2nc(C(F)F)n(-c3cc(N4CCOCC4)nc(CCCC4CCC(N(C)C(=O)CN(C)C)CC4)n3)c2c1. The smallest absolute Gasteiger partial charge is 0.296 e. The van der Waals surface area contributed by atoms with Gasteiger partial charge in [0.15, 0.2) is 5.82 Å². The summed E-state index contributed by atoms with van der Waals surface area (Å²) in [5, 5.41) is 0. The second-order valence-corrected chi connectivity index (χ2v) is 12.0. The molecule has 2 fully saturated rings. The van der Waals surface area contributed by atoms with Gasteiger partial charge in [0, 0.05) is 38.7 Å². The van der Waals surface area contributed by atoms with Crippen molar-refractivity contribution >= 4 is 22.8 Å². The highest BCUT2D eigenvalue weighted by atomic mass is 19.3. The lowest BCUT2D eigenvalue weighted by molar-refractivity contribution is -0.133. The summed E-state index contributed by atoms with van der Waals surface area (Å²) in [6.45, 7) is 4.96. The third kappa shape index (κ3) is 7.06. The van der Waals surface area contributed by atoms with Crippen LogP contribution in [0, 0.1) is 12.8 Å². The standard InChI is InChI=1S/C31H43F2N7O2/c1-21-8-13-24-25(18-21)40(31(34-24)30(32)33)28-19-27(39-14-16-42-17-15-39)35-26(36-28)7-5-6-22-9-11-23(12-10-22)38(4)29(41)20-37(2)3/h8,13,18-19,22-23,30H,5-7,9-12,14-17,20H2,1-4H3. The van der Waals surface area contributed by atoms with Crippen LogP contribution in [0.2, 0.25) is 0 Å². The number of anilines is 1. The summed E-state index contributed by atoms with van der Waals surface area (Å²) in [4.78, 5) is 32.4. The lowest BCUT2D eigenvalue weighted by Gasteiger charge is -2.35. The first-order chi connectivity index (χ1) is 20.2. The van der Waals surface area contributed by atoms with Gasteiger partial charge in [-0.05, 0) is 76.7 Å². The van der Waals surface area contributed by atoms with Gasteiger partial charge in [0.25, 0.3) is 6.43 Å². The first kappa shape index (κ1) is 30.3. The van der Waals surface area contributed by atoms with Gasteiger partial charge in [0.05, 0.1) is 30.8 Å². The molecule has 9 nitrogen and oxygen atoms in total. The number of morpholine rings is 1. The Morgan fingerprint density at radius 2 is 1.74 bits per heavy atom. The molecule has 0 radical (unpaired) electrons. The number of hydrogen-bond donors (Lipinski definition) is 0. The van der Waals surface area contributed by atoms with Crippen LogP contribution < -0.4 is 4.90 Å². The number of imidazole rings is 1. The minimum absolute atomic E-state index is 0.174. The monoisotopic (exact) mass is 583 g/mol. The number of likely N-dealkylation sites (N-methyl/N-ethyl adjacent to an activating group) is 2. The van der Waals surface area contributed by atoms with Crippen molar-refractivity contribution in [3.63, 3.8) is 0 Å².